The number of rotatable bonds is 5. The van der Waals surface area contributed by atoms with E-state index in [-0.39, 0.29) is 24.1 Å². The highest BCUT2D eigenvalue weighted by Gasteiger charge is 2.17. The molecule has 7 heteroatoms. The van der Waals surface area contributed by atoms with Crippen molar-refractivity contribution in [3.8, 4) is 29.0 Å². The van der Waals surface area contributed by atoms with Crippen LogP contribution in [0.4, 0.5) is 0 Å². The summed E-state index contributed by atoms with van der Waals surface area (Å²) in [6, 6.07) is 15.3. The van der Waals surface area contributed by atoms with Crippen molar-refractivity contribution in [2.45, 2.75) is 13.5 Å². The largest absolute Gasteiger partial charge is 0.494 e. The minimum Gasteiger partial charge on any atom is -0.494 e. The quantitative estimate of drug-likeness (QED) is 0.651. The first-order chi connectivity index (χ1) is 12.4. The van der Waals surface area contributed by atoms with Crippen molar-refractivity contribution in [1.29, 1.82) is 0 Å². The van der Waals surface area contributed by atoms with E-state index in [1.807, 2.05) is 0 Å². The van der Waals surface area contributed by atoms with E-state index in [2.05, 4.69) is 0 Å². The molecule has 26 heavy (non-hydrogen) atoms. The Morgan fingerprint density at radius 1 is 1.04 bits per heavy atom. The number of carbonyl (C=O) groups is 1. The summed E-state index contributed by atoms with van der Waals surface area (Å²) in [5, 5.41) is 20.6. The second-order valence-electron chi connectivity index (χ2n) is 5.57. The van der Waals surface area contributed by atoms with Gasteiger partial charge in [0.1, 0.15) is 11.5 Å². The minimum atomic E-state index is -0.582. The summed E-state index contributed by atoms with van der Waals surface area (Å²) < 4.78 is 11.8. The highest BCUT2D eigenvalue weighted by atomic mass is 35.5. The number of halogens is 1. The Morgan fingerprint density at radius 3 is 2.19 bits per heavy atom. The highest BCUT2D eigenvalue weighted by molar-refractivity contribution is 6.30. The van der Waals surface area contributed by atoms with Crippen LogP contribution in [0.15, 0.2) is 54.6 Å². The summed E-state index contributed by atoms with van der Waals surface area (Å²) in [6.07, 6.45) is 0. The second kappa shape index (κ2) is 7.41. The summed E-state index contributed by atoms with van der Waals surface area (Å²) in [5.41, 5.74) is 0.809. The molecule has 0 aliphatic rings. The molecule has 0 radical (unpaired) electrons. The lowest BCUT2D eigenvalue weighted by atomic mass is 10.2. The third kappa shape index (κ3) is 4.10. The van der Waals surface area contributed by atoms with E-state index in [9.17, 15) is 15.0 Å². The fourth-order valence-corrected chi connectivity index (χ4v) is 2.50. The molecule has 0 aliphatic heterocycles. The monoisotopic (exact) mass is 373 g/mol. The predicted molar refractivity (Wildman–Crippen MR) is 96.1 cm³/mol. The number of nitrogens with zero attached hydrogens (tertiary/aromatic N) is 1. The van der Waals surface area contributed by atoms with Gasteiger partial charge in [0.2, 0.25) is 5.88 Å². The third-order valence-corrected chi connectivity index (χ3v) is 3.83. The number of esters is 1. The van der Waals surface area contributed by atoms with Crippen LogP contribution in [-0.2, 0) is 11.3 Å². The van der Waals surface area contributed by atoms with Crippen LogP contribution in [0.3, 0.4) is 0 Å². The third-order valence-electron chi connectivity index (χ3n) is 3.58. The van der Waals surface area contributed by atoms with Crippen molar-refractivity contribution < 1.29 is 24.5 Å². The van der Waals surface area contributed by atoms with Crippen LogP contribution in [0.1, 0.15) is 12.5 Å². The molecule has 1 aromatic heterocycles. The Labute approximate surface area is 154 Å². The van der Waals surface area contributed by atoms with Crippen LogP contribution in [0.5, 0.6) is 29.0 Å². The van der Waals surface area contributed by atoms with Crippen LogP contribution in [0.25, 0.3) is 0 Å². The SMILES string of the molecule is CC(=O)Oc1cc(O)n(Cc2ccc(Oc3ccc(Cl)cc3)cc2)c1O. The smallest absolute Gasteiger partial charge is 0.308 e. The van der Waals surface area contributed by atoms with Gasteiger partial charge < -0.3 is 19.7 Å². The van der Waals surface area contributed by atoms with Crippen LogP contribution >= 0.6 is 11.6 Å². The lowest BCUT2D eigenvalue weighted by molar-refractivity contribution is -0.132. The van der Waals surface area contributed by atoms with E-state index in [1.54, 1.807) is 48.5 Å². The number of benzene rings is 2. The zero-order chi connectivity index (χ0) is 18.7. The topological polar surface area (TPSA) is 80.9 Å². The van der Waals surface area contributed by atoms with E-state index >= 15 is 0 Å². The summed E-state index contributed by atoms with van der Waals surface area (Å²) in [6.45, 7) is 1.41. The molecule has 6 nitrogen and oxygen atoms in total. The highest BCUT2D eigenvalue weighted by Crippen LogP contribution is 2.35. The van der Waals surface area contributed by atoms with Gasteiger partial charge in [-0.05, 0) is 42.0 Å². The molecule has 0 fully saturated rings. The van der Waals surface area contributed by atoms with Gasteiger partial charge in [-0.1, -0.05) is 23.7 Å². The summed E-state index contributed by atoms with van der Waals surface area (Å²) in [5.74, 6) is 0.102. The van der Waals surface area contributed by atoms with E-state index in [0.717, 1.165) is 5.56 Å². The van der Waals surface area contributed by atoms with Gasteiger partial charge in [0.15, 0.2) is 11.6 Å². The Bertz CT molecular complexity index is 916. The fraction of sp³-hybridized carbons (Fsp3) is 0.105. The number of aromatic nitrogens is 1. The van der Waals surface area contributed by atoms with Gasteiger partial charge in [-0.15, -0.1) is 0 Å². The van der Waals surface area contributed by atoms with Gasteiger partial charge in [-0.3, -0.25) is 9.36 Å². The normalized spacial score (nSPS) is 10.5. The molecular formula is C19H16ClNO5. The molecule has 0 saturated carbocycles. The predicted octanol–water partition coefficient (Wildman–Crippen LogP) is 4.32. The first-order valence-corrected chi connectivity index (χ1v) is 8.12. The lowest BCUT2D eigenvalue weighted by Crippen LogP contribution is -2.02. The van der Waals surface area contributed by atoms with Crippen molar-refractivity contribution >= 4 is 17.6 Å². The zero-order valence-electron chi connectivity index (χ0n) is 13.8. The second-order valence-corrected chi connectivity index (χ2v) is 6.01. The molecule has 0 spiro atoms. The molecule has 0 amide bonds. The van der Waals surface area contributed by atoms with Gasteiger partial charge in [0.25, 0.3) is 0 Å². The van der Waals surface area contributed by atoms with Gasteiger partial charge in [0.05, 0.1) is 6.54 Å². The maximum absolute atomic E-state index is 11.0. The van der Waals surface area contributed by atoms with Crippen LogP contribution in [-0.4, -0.2) is 20.7 Å². The lowest BCUT2D eigenvalue weighted by Gasteiger charge is -2.09. The Morgan fingerprint density at radius 2 is 1.62 bits per heavy atom. The number of carbonyl (C=O) groups excluding carboxylic acids is 1. The van der Waals surface area contributed by atoms with Gasteiger partial charge in [0, 0.05) is 18.0 Å². The molecular weight excluding hydrogens is 358 g/mol. The standard InChI is InChI=1S/C19H16ClNO5/c1-12(22)25-17-10-18(23)21(19(17)24)11-13-2-6-15(7-3-13)26-16-8-4-14(20)5-9-16/h2-10,23-24H,11H2,1H3. The first-order valence-electron chi connectivity index (χ1n) is 7.74. The minimum absolute atomic E-state index is 0.0855. The van der Waals surface area contributed by atoms with Gasteiger partial charge in [-0.2, -0.15) is 0 Å². The first kappa shape index (κ1) is 17.7. The molecule has 134 valence electrons. The molecule has 3 rings (SSSR count). The van der Waals surface area contributed by atoms with Crippen molar-refractivity contribution in [2.75, 3.05) is 0 Å². The average Bonchev–Trinajstić information content (AvgIpc) is 2.85. The number of aromatic hydroxyl groups is 2. The molecule has 2 aromatic carbocycles. The van der Waals surface area contributed by atoms with Gasteiger partial charge in [-0.25, -0.2) is 0 Å². The molecule has 0 unspecified atom stereocenters. The van der Waals surface area contributed by atoms with Crippen LogP contribution in [0, 0.1) is 0 Å². The van der Waals surface area contributed by atoms with Crippen molar-refractivity contribution in [2.24, 2.45) is 0 Å². The summed E-state index contributed by atoms with van der Waals surface area (Å²) in [4.78, 5) is 11.0. The number of hydrogen-bond acceptors (Lipinski definition) is 5. The average molecular weight is 374 g/mol. The van der Waals surface area contributed by atoms with Gasteiger partial charge >= 0.3 is 5.97 Å². The molecule has 0 aliphatic carbocycles. The Balaban J connectivity index is 1.72. The van der Waals surface area contributed by atoms with Crippen LogP contribution in [0.2, 0.25) is 5.02 Å². The summed E-state index contributed by atoms with van der Waals surface area (Å²) in [7, 11) is 0. The van der Waals surface area contributed by atoms with E-state index < -0.39 is 5.97 Å². The molecule has 0 bridgehead atoms. The van der Waals surface area contributed by atoms with Crippen molar-refractivity contribution in [3.05, 3.63) is 65.2 Å². The van der Waals surface area contributed by atoms with Crippen molar-refractivity contribution in [1.82, 2.24) is 4.57 Å². The number of ether oxygens (including phenoxy) is 2. The Hall–Kier alpha value is -3.12. The zero-order valence-corrected chi connectivity index (χ0v) is 14.6. The summed E-state index contributed by atoms with van der Waals surface area (Å²) >= 11 is 5.84. The van der Waals surface area contributed by atoms with E-state index in [1.165, 1.54) is 17.6 Å². The molecule has 1 heterocycles. The Kier molecular flexibility index (Phi) is 5.04. The number of hydrogen-bond donors (Lipinski definition) is 2. The maximum Gasteiger partial charge on any atom is 0.308 e. The van der Waals surface area contributed by atoms with Crippen molar-refractivity contribution in [3.63, 3.8) is 0 Å². The molecule has 3 aromatic rings. The van der Waals surface area contributed by atoms with E-state index in [0.29, 0.717) is 16.5 Å². The fourth-order valence-electron chi connectivity index (χ4n) is 2.37. The van der Waals surface area contributed by atoms with E-state index in [4.69, 9.17) is 21.1 Å². The molecule has 2 N–H and O–H groups in total. The maximum atomic E-state index is 11.0. The van der Waals surface area contributed by atoms with Crippen LogP contribution < -0.4 is 9.47 Å². The molecule has 0 atom stereocenters. The molecule has 0 saturated heterocycles.